The summed E-state index contributed by atoms with van der Waals surface area (Å²) in [7, 11) is 0. The largest absolute Gasteiger partial charge is 0.492 e. The van der Waals surface area contributed by atoms with E-state index in [0.29, 0.717) is 18.9 Å². The van der Waals surface area contributed by atoms with Crippen molar-refractivity contribution < 1.29 is 9.47 Å². The zero-order chi connectivity index (χ0) is 18.4. The van der Waals surface area contributed by atoms with Crippen LogP contribution in [0.2, 0.25) is 0 Å². The first-order valence-electron chi connectivity index (χ1n) is 8.23. The maximum absolute atomic E-state index is 12.1. The number of rotatable bonds is 6. The normalized spacial score (nSPS) is 10.2. The number of hydrogen-bond donors (Lipinski definition) is 0. The summed E-state index contributed by atoms with van der Waals surface area (Å²) in [6, 6.07) is 22.0. The van der Waals surface area contributed by atoms with Gasteiger partial charge in [0.2, 0.25) is 0 Å². The van der Waals surface area contributed by atoms with Crippen molar-refractivity contribution in [2.24, 2.45) is 0 Å². The van der Waals surface area contributed by atoms with Gasteiger partial charge < -0.3 is 14.0 Å². The summed E-state index contributed by atoms with van der Waals surface area (Å²) in [5, 5.41) is 8.96. The predicted octanol–water partition coefficient (Wildman–Crippen LogP) is 3.90. The second kappa shape index (κ2) is 8.04. The van der Waals surface area contributed by atoms with Gasteiger partial charge in [-0.2, -0.15) is 5.26 Å². The minimum absolute atomic E-state index is 0.137. The van der Waals surface area contributed by atoms with Crippen LogP contribution in [0.3, 0.4) is 0 Å². The van der Waals surface area contributed by atoms with Crippen LogP contribution in [0.25, 0.3) is 0 Å². The molecule has 1 heterocycles. The Morgan fingerprint density at radius 1 is 0.923 bits per heavy atom. The molecule has 0 aliphatic rings. The second-order valence-electron chi connectivity index (χ2n) is 5.69. The summed E-state index contributed by atoms with van der Waals surface area (Å²) in [6.45, 7) is 2.54. The van der Waals surface area contributed by atoms with E-state index in [1.165, 1.54) is 0 Å². The van der Waals surface area contributed by atoms with Crippen LogP contribution >= 0.6 is 0 Å². The van der Waals surface area contributed by atoms with Crippen molar-refractivity contribution in [2.45, 2.75) is 13.5 Å². The van der Waals surface area contributed by atoms with E-state index in [0.717, 1.165) is 17.2 Å². The van der Waals surface area contributed by atoms with Gasteiger partial charge in [0.05, 0.1) is 6.54 Å². The van der Waals surface area contributed by atoms with E-state index >= 15 is 0 Å². The number of pyridine rings is 1. The van der Waals surface area contributed by atoms with Gasteiger partial charge in [-0.1, -0.05) is 18.2 Å². The van der Waals surface area contributed by atoms with Gasteiger partial charge in [-0.05, 0) is 55.5 Å². The lowest BCUT2D eigenvalue weighted by molar-refractivity contribution is 0.294. The highest BCUT2D eigenvalue weighted by molar-refractivity contribution is 5.35. The fraction of sp³-hybridized carbons (Fsp3) is 0.143. The molecule has 0 saturated carbocycles. The van der Waals surface area contributed by atoms with E-state index in [1.54, 1.807) is 16.7 Å². The second-order valence-corrected chi connectivity index (χ2v) is 5.69. The van der Waals surface area contributed by atoms with E-state index in [4.69, 9.17) is 14.7 Å². The van der Waals surface area contributed by atoms with Crippen molar-refractivity contribution in [3.63, 3.8) is 0 Å². The monoisotopic (exact) mass is 346 g/mol. The van der Waals surface area contributed by atoms with Crippen LogP contribution < -0.4 is 15.0 Å². The number of aromatic nitrogens is 1. The molecule has 0 atom stereocenters. The molecule has 0 aliphatic heterocycles. The summed E-state index contributed by atoms with van der Waals surface area (Å²) in [5.41, 5.74) is 0.643. The molecule has 3 rings (SSSR count). The average Bonchev–Trinajstić information content (AvgIpc) is 2.67. The van der Waals surface area contributed by atoms with Crippen LogP contribution in [-0.2, 0) is 6.54 Å². The van der Waals surface area contributed by atoms with E-state index in [9.17, 15) is 4.79 Å². The highest BCUT2D eigenvalue weighted by Crippen LogP contribution is 2.23. The molecule has 3 aromatic rings. The van der Waals surface area contributed by atoms with Gasteiger partial charge >= 0.3 is 0 Å². The third-order valence-electron chi connectivity index (χ3n) is 3.90. The fourth-order valence-corrected chi connectivity index (χ4v) is 2.52. The summed E-state index contributed by atoms with van der Waals surface area (Å²) < 4.78 is 13.0. The van der Waals surface area contributed by atoms with Gasteiger partial charge in [-0.15, -0.1) is 0 Å². The molecule has 130 valence electrons. The van der Waals surface area contributed by atoms with E-state index < -0.39 is 0 Å². The summed E-state index contributed by atoms with van der Waals surface area (Å²) in [6.07, 6.45) is 0. The fourth-order valence-electron chi connectivity index (χ4n) is 2.52. The Bertz CT molecular complexity index is 971. The number of benzene rings is 2. The molecule has 0 aliphatic carbocycles. The molecule has 0 fully saturated rings. The average molecular weight is 346 g/mol. The number of nitriles is 1. The minimum Gasteiger partial charge on any atom is -0.492 e. The smallest absolute Gasteiger partial charge is 0.268 e. The van der Waals surface area contributed by atoms with Crippen LogP contribution in [0.15, 0.2) is 71.5 Å². The molecule has 1 aromatic heterocycles. The lowest BCUT2D eigenvalue weighted by Crippen LogP contribution is -2.26. The van der Waals surface area contributed by atoms with Gasteiger partial charge in [0, 0.05) is 5.69 Å². The molecule has 0 N–H and O–H groups in total. The summed E-state index contributed by atoms with van der Waals surface area (Å²) in [5.74, 6) is 2.18. The number of ether oxygens (including phenoxy) is 2. The molecular weight excluding hydrogens is 328 g/mol. The molecule has 0 spiro atoms. The number of aryl methyl sites for hydroxylation is 1. The van der Waals surface area contributed by atoms with Crippen LogP contribution in [-0.4, -0.2) is 11.2 Å². The Kier molecular flexibility index (Phi) is 5.35. The number of para-hydroxylation sites is 1. The predicted molar refractivity (Wildman–Crippen MR) is 98.6 cm³/mol. The van der Waals surface area contributed by atoms with E-state index in [-0.39, 0.29) is 11.1 Å². The third kappa shape index (κ3) is 4.11. The van der Waals surface area contributed by atoms with Crippen LogP contribution in [0.1, 0.15) is 11.3 Å². The molecule has 5 nitrogen and oxygen atoms in total. The van der Waals surface area contributed by atoms with Gasteiger partial charge in [0.1, 0.15) is 35.5 Å². The molecule has 26 heavy (non-hydrogen) atoms. The summed E-state index contributed by atoms with van der Waals surface area (Å²) >= 11 is 0. The summed E-state index contributed by atoms with van der Waals surface area (Å²) in [4.78, 5) is 12.1. The highest BCUT2D eigenvalue weighted by Gasteiger charge is 2.06. The number of nitrogens with zero attached hydrogens (tertiary/aromatic N) is 2. The SMILES string of the molecule is Cc1ccc(C#N)c(=O)n1CCOc1ccc(Oc2ccccc2)cc1. The first kappa shape index (κ1) is 17.3. The van der Waals surface area contributed by atoms with E-state index in [2.05, 4.69) is 0 Å². The Morgan fingerprint density at radius 2 is 1.58 bits per heavy atom. The lowest BCUT2D eigenvalue weighted by atomic mass is 10.2. The Morgan fingerprint density at radius 3 is 2.27 bits per heavy atom. The molecule has 0 radical (unpaired) electrons. The Balaban J connectivity index is 1.59. The zero-order valence-corrected chi connectivity index (χ0v) is 14.4. The molecule has 2 aromatic carbocycles. The zero-order valence-electron chi connectivity index (χ0n) is 14.4. The Hall–Kier alpha value is -3.52. The molecule has 0 unspecified atom stereocenters. The van der Waals surface area contributed by atoms with Crippen LogP contribution in [0, 0.1) is 18.3 Å². The first-order valence-corrected chi connectivity index (χ1v) is 8.23. The van der Waals surface area contributed by atoms with Gasteiger partial charge in [0.15, 0.2) is 0 Å². The topological polar surface area (TPSA) is 64.2 Å². The minimum atomic E-state index is -0.289. The molecule has 0 bridgehead atoms. The maximum Gasteiger partial charge on any atom is 0.268 e. The van der Waals surface area contributed by atoms with Crippen LogP contribution in [0.4, 0.5) is 0 Å². The van der Waals surface area contributed by atoms with Crippen molar-refractivity contribution in [1.29, 1.82) is 5.26 Å². The third-order valence-corrected chi connectivity index (χ3v) is 3.90. The standard InChI is InChI=1S/C21H18N2O3/c1-16-7-8-17(15-22)21(24)23(16)13-14-25-18-9-11-20(12-10-18)26-19-5-3-2-4-6-19/h2-12H,13-14H2,1H3. The number of hydrogen-bond acceptors (Lipinski definition) is 4. The quantitative estimate of drug-likeness (QED) is 0.679. The van der Waals surface area contributed by atoms with Crippen molar-refractivity contribution in [2.75, 3.05) is 6.61 Å². The van der Waals surface area contributed by atoms with Crippen molar-refractivity contribution >= 4 is 0 Å². The first-order chi connectivity index (χ1) is 12.7. The maximum atomic E-state index is 12.1. The van der Waals surface area contributed by atoms with Crippen molar-refractivity contribution in [3.05, 3.63) is 88.3 Å². The Labute approximate surface area is 151 Å². The van der Waals surface area contributed by atoms with E-state index in [1.807, 2.05) is 67.6 Å². The highest BCUT2D eigenvalue weighted by atomic mass is 16.5. The van der Waals surface area contributed by atoms with Gasteiger partial charge in [-0.3, -0.25) is 4.79 Å². The van der Waals surface area contributed by atoms with Crippen LogP contribution in [0.5, 0.6) is 17.2 Å². The van der Waals surface area contributed by atoms with Crippen molar-refractivity contribution in [1.82, 2.24) is 4.57 Å². The molecular formula is C21H18N2O3. The lowest BCUT2D eigenvalue weighted by Gasteiger charge is -2.12. The molecule has 0 saturated heterocycles. The van der Waals surface area contributed by atoms with Gasteiger partial charge in [-0.25, -0.2) is 0 Å². The molecule has 0 amide bonds. The van der Waals surface area contributed by atoms with Crippen molar-refractivity contribution in [3.8, 4) is 23.3 Å². The van der Waals surface area contributed by atoms with Gasteiger partial charge in [0.25, 0.3) is 5.56 Å². The molecule has 5 heteroatoms.